The molecule has 0 saturated carbocycles. The van der Waals surface area contributed by atoms with E-state index in [4.69, 9.17) is 4.74 Å². The number of carbonyl (C=O) groups excluding carboxylic acids is 1. The summed E-state index contributed by atoms with van der Waals surface area (Å²) in [5.41, 5.74) is 0.816. The number of nitriles is 1. The van der Waals surface area contributed by atoms with Gasteiger partial charge in [0.05, 0.1) is 18.0 Å². The maximum Gasteiger partial charge on any atom is 0.323 e. The summed E-state index contributed by atoms with van der Waals surface area (Å²) in [6.07, 6.45) is 0.561. The second-order valence-corrected chi connectivity index (χ2v) is 6.05. The van der Waals surface area contributed by atoms with E-state index in [9.17, 15) is 10.1 Å². The molecule has 0 aliphatic carbocycles. The Morgan fingerprint density at radius 1 is 1.30 bits per heavy atom. The van der Waals surface area contributed by atoms with E-state index < -0.39 is 0 Å². The van der Waals surface area contributed by atoms with E-state index >= 15 is 0 Å². The first-order chi connectivity index (χ1) is 9.55. The van der Waals surface area contributed by atoms with Crippen molar-refractivity contribution in [3.05, 3.63) is 35.9 Å². The zero-order valence-electron chi connectivity index (χ0n) is 11.7. The third kappa shape index (κ3) is 1.82. The number of rotatable bonds is 1. The summed E-state index contributed by atoms with van der Waals surface area (Å²) in [4.78, 5) is 14.2. The molecule has 0 aromatic heterocycles. The highest BCUT2D eigenvalue weighted by Gasteiger charge is 2.55. The summed E-state index contributed by atoms with van der Waals surface area (Å²) in [5, 5.41) is 9.36. The fourth-order valence-electron chi connectivity index (χ4n) is 3.52. The quantitative estimate of drug-likeness (QED) is 0.735. The minimum atomic E-state index is -0.320. The van der Waals surface area contributed by atoms with E-state index in [1.165, 1.54) is 0 Å². The SMILES string of the molecule is CC1(C)[C@H](C#N)CC2C(=O)OC[C@H](c3ccccc3)N21. The number of hydrogen-bond donors (Lipinski definition) is 0. The van der Waals surface area contributed by atoms with Crippen molar-refractivity contribution in [2.45, 2.75) is 37.9 Å². The highest BCUT2D eigenvalue weighted by Crippen LogP contribution is 2.46. The molecule has 3 rings (SSSR count). The number of carbonyl (C=O) groups is 1. The normalized spacial score (nSPS) is 32.2. The van der Waals surface area contributed by atoms with Gasteiger partial charge in [0.2, 0.25) is 0 Å². The summed E-state index contributed by atoms with van der Waals surface area (Å²) < 4.78 is 5.35. The Balaban J connectivity index is 2.02. The Hall–Kier alpha value is -1.86. The molecule has 3 atom stereocenters. The lowest BCUT2D eigenvalue weighted by atomic mass is 9.88. The van der Waals surface area contributed by atoms with E-state index in [1.54, 1.807) is 0 Å². The first kappa shape index (κ1) is 13.1. The number of nitrogens with zero attached hydrogens (tertiary/aromatic N) is 2. The average Bonchev–Trinajstić information content (AvgIpc) is 2.73. The van der Waals surface area contributed by atoms with E-state index in [0.29, 0.717) is 13.0 Å². The number of morpholine rings is 1. The molecular weight excluding hydrogens is 252 g/mol. The number of benzene rings is 1. The van der Waals surface area contributed by atoms with Crippen LogP contribution in [0.2, 0.25) is 0 Å². The smallest absolute Gasteiger partial charge is 0.323 e. The lowest BCUT2D eigenvalue weighted by molar-refractivity contribution is -0.164. The second kappa shape index (κ2) is 4.60. The molecule has 20 heavy (non-hydrogen) atoms. The van der Waals surface area contributed by atoms with E-state index in [1.807, 2.05) is 18.2 Å². The van der Waals surface area contributed by atoms with Crippen molar-refractivity contribution in [2.75, 3.05) is 6.61 Å². The van der Waals surface area contributed by atoms with Crippen LogP contribution in [0.25, 0.3) is 0 Å². The Labute approximate surface area is 118 Å². The topological polar surface area (TPSA) is 53.3 Å². The van der Waals surface area contributed by atoms with Gasteiger partial charge in [-0.1, -0.05) is 30.3 Å². The summed E-state index contributed by atoms with van der Waals surface area (Å²) in [6, 6.07) is 12.2. The Bertz CT molecular complexity index is 562. The number of fused-ring (bicyclic) bond motifs is 1. The van der Waals surface area contributed by atoms with Gasteiger partial charge >= 0.3 is 5.97 Å². The van der Waals surface area contributed by atoms with Gasteiger partial charge < -0.3 is 4.74 Å². The van der Waals surface area contributed by atoms with Crippen molar-refractivity contribution >= 4 is 5.97 Å². The monoisotopic (exact) mass is 270 g/mol. The average molecular weight is 270 g/mol. The largest absolute Gasteiger partial charge is 0.462 e. The van der Waals surface area contributed by atoms with Crippen LogP contribution in [0, 0.1) is 17.2 Å². The standard InChI is InChI=1S/C16H18N2O2/c1-16(2)12(9-17)8-13-15(19)20-10-14(18(13)16)11-6-4-3-5-7-11/h3-7,12-14H,8,10H2,1-2H3/t12-,13?,14+/m0/s1. The van der Waals surface area contributed by atoms with Crippen LogP contribution >= 0.6 is 0 Å². The first-order valence-electron chi connectivity index (χ1n) is 6.95. The molecule has 4 heteroatoms. The molecule has 2 aliphatic heterocycles. The second-order valence-electron chi connectivity index (χ2n) is 6.05. The zero-order chi connectivity index (χ0) is 14.3. The van der Waals surface area contributed by atoms with Crippen molar-refractivity contribution in [1.29, 1.82) is 5.26 Å². The minimum Gasteiger partial charge on any atom is -0.462 e. The molecule has 1 aromatic rings. The van der Waals surface area contributed by atoms with Gasteiger partial charge in [-0.15, -0.1) is 0 Å². The van der Waals surface area contributed by atoms with Crippen LogP contribution in [-0.2, 0) is 9.53 Å². The van der Waals surface area contributed by atoms with Gasteiger partial charge in [0, 0.05) is 5.54 Å². The van der Waals surface area contributed by atoms with Gasteiger partial charge in [0.1, 0.15) is 12.6 Å². The lowest BCUT2D eigenvalue weighted by Crippen LogP contribution is -2.54. The summed E-state index contributed by atoms with van der Waals surface area (Å²) in [5.74, 6) is -0.340. The number of cyclic esters (lactones) is 1. The predicted octanol–water partition coefficient (Wildman–Crippen LogP) is 2.28. The Morgan fingerprint density at radius 2 is 2.00 bits per heavy atom. The first-order valence-corrected chi connectivity index (χ1v) is 6.95. The predicted molar refractivity (Wildman–Crippen MR) is 73.6 cm³/mol. The van der Waals surface area contributed by atoms with Gasteiger partial charge in [-0.25, -0.2) is 0 Å². The zero-order valence-corrected chi connectivity index (χ0v) is 11.7. The van der Waals surface area contributed by atoms with E-state index in [2.05, 4.69) is 36.9 Å². The molecule has 2 fully saturated rings. The summed E-state index contributed by atoms with van der Waals surface area (Å²) in [6.45, 7) is 4.46. The highest BCUT2D eigenvalue weighted by molar-refractivity contribution is 5.77. The molecular formula is C16H18N2O2. The van der Waals surface area contributed by atoms with E-state index in [0.717, 1.165) is 5.56 Å². The molecule has 0 radical (unpaired) electrons. The van der Waals surface area contributed by atoms with Crippen LogP contribution < -0.4 is 0 Å². The molecule has 0 amide bonds. The van der Waals surface area contributed by atoms with Crippen molar-refractivity contribution in [3.63, 3.8) is 0 Å². The molecule has 104 valence electrons. The Morgan fingerprint density at radius 3 is 2.65 bits per heavy atom. The lowest BCUT2D eigenvalue weighted by Gasteiger charge is -2.44. The molecule has 1 unspecified atom stereocenters. The maximum absolute atomic E-state index is 12.0. The number of esters is 1. The van der Waals surface area contributed by atoms with Crippen LogP contribution in [-0.4, -0.2) is 29.1 Å². The molecule has 1 aromatic carbocycles. The summed E-state index contributed by atoms with van der Waals surface area (Å²) in [7, 11) is 0. The third-order valence-electron chi connectivity index (χ3n) is 4.64. The minimum absolute atomic E-state index is 0.0345. The van der Waals surface area contributed by atoms with Gasteiger partial charge in [-0.05, 0) is 25.8 Å². The molecule has 0 N–H and O–H groups in total. The van der Waals surface area contributed by atoms with Crippen molar-refractivity contribution < 1.29 is 9.53 Å². The number of hydrogen-bond acceptors (Lipinski definition) is 4. The van der Waals surface area contributed by atoms with Crippen LogP contribution in [0.4, 0.5) is 0 Å². The highest BCUT2D eigenvalue weighted by atomic mass is 16.5. The molecule has 4 nitrogen and oxygen atoms in total. The van der Waals surface area contributed by atoms with Gasteiger partial charge in [0.15, 0.2) is 0 Å². The maximum atomic E-state index is 12.0. The van der Waals surface area contributed by atoms with Crippen molar-refractivity contribution in [1.82, 2.24) is 4.90 Å². The van der Waals surface area contributed by atoms with Gasteiger partial charge in [-0.3, -0.25) is 9.69 Å². The fraction of sp³-hybridized carbons (Fsp3) is 0.500. The van der Waals surface area contributed by atoms with Crippen molar-refractivity contribution in [2.24, 2.45) is 5.92 Å². The van der Waals surface area contributed by atoms with Gasteiger partial charge in [-0.2, -0.15) is 5.26 Å². The number of ether oxygens (including phenoxy) is 1. The van der Waals surface area contributed by atoms with E-state index in [-0.39, 0.29) is 29.5 Å². The third-order valence-corrected chi connectivity index (χ3v) is 4.64. The molecule has 0 bridgehead atoms. The van der Waals surface area contributed by atoms with Gasteiger partial charge in [0.25, 0.3) is 0 Å². The Kier molecular flexibility index (Phi) is 3.02. The van der Waals surface area contributed by atoms with Crippen LogP contribution in [0.15, 0.2) is 30.3 Å². The van der Waals surface area contributed by atoms with Crippen LogP contribution in [0.5, 0.6) is 0 Å². The molecule has 2 saturated heterocycles. The van der Waals surface area contributed by atoms with Crippen molar-refractivity contribution in [3.8, 4) is 6.07 Å². The molecule has 2 aliphatic rings. The molecule has 2 heterocycles. The molecule has 0 spiro atoms. The fourth-order valence-corrected chi connectivity index (χ4v) is 3.52. The van der Waals surface area contributed by atoms with Crippen LogP contribution in [0.1, 0.15) is 31.9 Å². The summed E-state index contributed by atoms with van der Waals surface area (Å²) >= 11 is 0. The van der Waals surface area contributed by atoms with Crippen LogP contribution in [0.3, 0.4) is 0 Å².